The van der Waals surface area contributed by atoms with Gasteiger partial charge in [-0.05, 0) is 60.2 Å². The van der Waals surface area contributed by atoms with E-state index < -0.39 is 34.4 Å². The molecular formula is C24H17F3N4O7. The summed E-state index contributed by atoms with van der Waals surface area (Å²) >= 11 is 0. The molecule has 2 N–H and O–H groups in total. The predicted molar refractivity (Wildman–Crippen MR) is 127 cm³/mol. The van der Waals surface area contributed by atoms with Gasteiger partial charge in [0, 0.05) is 17.8 Å². The van der Waals surface area contributed by atoms with Gasteiger partial charge in [-0.3, -0.25) is 19.7 Å². The van der Waals surface area contributed by atoms with Crippen LogP contribution in [-0.4, -0.2) is 36.0 Å². The number of ether oxygens (including phenoxy) is 2. The van der Waals surface area contributed by atoms with Crippen LogP contribution >= 0.6 is 0 Å². The van der Waals surface area contributed by atoms with Crippen molar-refractivity contribution in [2.75, 3.05) is 12.4 Å². The van der Waals surface area contributed by atoms with Crippen molar-refractivity contribution in [1.82, 2.24) is 5.43 Å². The van der Waals surface area contributed by atoms with Crippen LogP contribution in [0.25, 0.3) is 0 Å². The van der Waals surface area contributed by atoms with Gasteiger partial charge < -0.3 is 14.8 Å². The highest BCUT2D eigenvalue weighted by Gasteiger charge is 2.30. The lowest BCUT2D eigenvalue weighted by atomic mass is 10.2. The van der Waals surface area contributed by atoms with Gasteiger partial charge in [-0.2, -0.15) is 18.3 Å². The summed E-state index contributed by atoms with van der Waals surface area (Å²) in [6.07, 6.45) is -3.38. The fourth-order valence-electron chi connectivity index (χ4n) is 2.87. The van der Waals surface area contributed by atoms with Crippen LogP contribution in [0.2, 0.25) is 0 Å². The summed E-state index contributed by atoms with van der Waals surface area (Å²) < 4.78 is 48.3. The van der Waals surface area contributed by atoms with Gasteiger partial charge >= 0.3 is 24.0 Å². The molecule has 0 heterocycles. The van der Waals surface area contributed by atoms with Crippen molar-refractivity contribution in [3.8, 4) is 11.5 Å². The van der Waals surface area contributed by atoms with E-state index in [9.17, 15) is 37.7 Å². The average Bonchev–Trinajstić information content (AvgIpc) is 2.89. The molecule has 0 aliphatic carbocycles. The molecule has 196 valence electrons. The number of nitro groups is 1. The Morgan fingerprint density at radius 2 is 1.61 bits per heavy atom. The Morgan fingerprint density at radius 1 is 0.947 bits per heavy atom. The number of nitrogens with one attached hydrogen (secondary N) is 2. The predicted octanol–water partition coefficient (Wildman–Crippen LogP) is 3.93. The second-order valence-corrected chi connectivity index (χ2v) is 7.33. The number of hydrogen-bond acceptors (Lipinski definition) is 8. The molecule has 14 heteroatoms. The van der Waals surface area contributed by atoms with E-state index in [1.54, 1.807) is 0 Å². The van der Waals surface area contributed by atoms with Crippen molar-refractivity contribution in [3.05, 3.63) is 93.5 Å². The van der Waals surface area contributed by atoms with E-state index in [-0.39, 0.29) is 28.4 Å². The normalized spacial score (nSPS) is 11.1. The Hall–Kier alpha value is -5.27. The van der Waals surface area contributed by atoms with Crippen LogP contribution in [0.5, 0.6) is 11.5 Å². The summed E-state index contributed by atoms with van der Waals surface area (Å²) in [7, 11) is 1.31. The standard InChI is InChI=1S/C24H17F3N4O7/c1-37-20-12-14(2-11-19(20)38-23(34)15-3-9-18(10-4-15)31(35)36)13-28-30-22(33)21(32)29-17-7-5-16(6-8-17)24(25,26)27/h2-13H,1H3,(H,29,32)(H,30,33)/b28-13+. The molecule has 0 atom stereocenters. The molecule has 0 saturated carbocycles. The number of carbonyl (C=O) groups excluding carboxylic acids is 3. The second-order valence-electron chi connectivity index (χ2n) is 7.33. The van der Waals surface area contributed by atoms with E-state index in [0.29, 0.717) is 5.56 Å². The van der Waals surface area contributed by atoms with E-state index in [1.807, 2.05) is 5.43 Å². The van der Waals surface area contributed by atoms with Crippen molar-refractivity contribution >= 4 is 35.4 Å². The first kappa shape index (κ1) is 27.3. The molecule has 3 rings (SSSR count). The number of anilines is 1. The molecule has 0 aliphatic heterocycles. The zero-order chi connectivity index (χ0) is 27.9. The highest BCUT2D eigenvalue weighted by atomic mass is 19.4. The Kier molecular flexibility index (Phi) is 8.37. The Morgan fingerprint density at radius 3 is 2.18 bits per heavy atom. The monoisotopic (exact) mass is 530 g/mol. The first-order valence-electron chi connectivity index (χ1n) is 10.4. The molecule has 2 amide bonds. The lowest BCUT2D eigenvalue weighted by Crippen LogP contribution is -2.32. The molecular weight excluding hydrogens is 513 g/mol. The third-order valence-corrected chi connectivity index (χ3v) is 4.76. The van der Waals surface area contributed by atoms with Gasteiger partial charge in [0.2, 0.25) is 0 Å². The van der Waals surface area contributed by atoms with Gasteiger partial charge in [0.05, 0.1) is 29.4 Å². The van der Waals surface area contributed by atoms with E-state index in [0.717, 1.165) is 42.6 Å². The fraction of sp³-hybridized carbons (Fsp3) is 0.0833. The minimum Gasteiger partial charge on any atom is -0.493 e. The maximum absolute atomic E-state index is 12.6. The van der Waals surface area contributed by atoms with Crippen LogP contribution in [0.1, 0.15) is 21.5 Å². The number of hydrazone groups is 1. The fourth-order valence-corrected chi connectivity index (χ4v) is 2.87. The van der Waals surface area contributed by atoms with Crippen LogP contribution in [0.15, 0.2) is 71.8 Å². The summed E-state index contributed by atoms with van der Waals surface area (Å²) in [4.78, 5) is 46.3. The highest BCUT2D eigenvalue weighted by molar-refractivity contribution is 6.39. The second kappa shape index (κ2) is 11.6. The minimum atomic E-state index is -4.54. The molecule has 0 aromatic heterocycles. The van der Waals surface area contributed by atoms with Crippen LogP contribution in [0.3, 0.4) is 0 Å². The van der Waals surface area contributed by atoms with Crippen molar-refractivity contribution < 1.29 is 42.0 Å². The number of methoxy groups -OCH3 is 1. The number of halogens is 3. The van der Waals surface area contributed by atoms with Gasteiger partial charge in [0.15, 0.2) is 11.5 Å². The maximum Gasteiger partial charge on any atom is 0.416 e. The summed E-state index contributed by atoms with van der Waals surface area (Å²) in [5.74, 6) is -2.97. The molecule has 0 spiro atoms. The van der Waals surface area contributed by atoms with Gasteiger partial charge in [-0.25, -0.2) is 10.2 Å². The van der Waals surface area contributed by atoms with E-state index in [1.165, 1.54) is 37.4 Å². The van der Waals surface area contributed by atoms with Gasteiger partial charge in [0.25, 0.3) is 5.69 Å². The number of rotatable bonds is 7. The van der Waals surface area contributed by atoms with Crippen LogP contribution in [-0.2, 0) is 15.8 Å². The number of benzene rings is 3. The first-order chi connectivity index (χ1) is 18.0. The number of nitro benzene ring substituents is 1. The lowest BCUT2D eigenvalue weighted by Gasteiger charge is -2.10. The van der Waals surface area contributed by atoms with Crippen molar-refractivity contribution in [2.45, 2.75) is 6.18 Å². The molecule has 0 bridgehead atoms. The van der Waals surface area contributed by atoms with Crippen LogP contribution < -0.4 is 20.2 Å². The molecule has 0 radical (unpaired) electrons. The molecule has 0 unspecified atom stereocenters. The average molecular weight is 530 g/mol. The number of amides is 2. The number of esters is 1. The highest BCUT2D eigenvalue weighted by Crippen LogP contribution is 2.30. The molecule has 0 aliphatic rings. The maximum atomic E-state index is 12.6. The quantitative estimate of drug-likeness (QED) is 0.117. The first-order valence-corrected chi connectivity index (χ1v) is 10.4. The molecule has 0 saturated heterocycles. The number of carbonyl (C=O) groups is 3. The largest absolute Gasteiger partial charge is 0.493 e. The number of hydrogen-bond donors (Lipinski definition) is 2. The molecule has 0 fully saturated rings. The zero-order valence-electron chi connectivity index (χ0n) is 19.3. The zero-order valence-corrected chi connectivity index (χ0v) is 19.3. The third-order valence-electron chi connectivity index (χ3n) is 4.76. The number of alkyl halides is 3. The van der Waals surface area contributed by atoms with Gasteiger partial charge in [-0.1, -0.05) is 0 Å². The molecule has 3 aromatic carbocycles. The van der Waals surface area contributed by atoms with Crippen LogP contribution in [0.4, 0.5) is 24.5 Å². The number of non-ortho nitro benzene ring substituents is 1. The summed E-state index contributed by atoms with van der Waals surface area (Å²) in [6.45, 7) is 0. The minimum absolute atomic E-state index is 0.0225. The topological polar surface area (TPSA) is 149 Å². The lowest BCUT2D eigenvalue weighted by molar-refractivity contribution is -0.384. The van der Waals surface area contributed by atoms with E-state index in [4.69, 9.17) is 9.47 Å². The van der Waals surface area contributed by atoms with Crippen molar-refractivity contribution in [3.63, 3.8) is 0 Å². The van der Waals surface area contributed by atoms with Gasteiger partial charge in [0.1, 0.15) is 0 Å². The summed E-state index contributed by atoms with van der Waals surface area (Å²) in [5.41, 5.74) is 1.29. The molecule has 11 nitrogen and oxygen atoms in total. The summed E-state index contributed by atoms with van der Waals surface area (Å²) in [6, 6.07) is 12.6. The molecule has 38 heavy (non-hydrogen) atoms. The van der Waals surface area contributed by atoms with Gasteiger partial charge in [-0.15, -0.1) is 0 Å². The Bertz CT molecular complexity index is 1390. The van der Waals surface area contributed by atoms with Crippen molar-refractivity contribution in [1.29, 1.82) is 0 Å². The van der Waals surface area contributed by atoms with Crippen molar-refractivity contribution in [2.24, 2.45) is 5.10 Å². The molecule has 3 aromatic rings. The SMILES string of the molecule is COc1cc(/C=N/NC(=O)C(=O)Nc2ccc(C(F)(F)F)cc2)ccc1OC(=O)c1ccc([N+](=O)[O-])cc1. The van der Waals surface area contributed by atoms with Crippen LogP contribution in [0, 0.1) is 10.1 Å². The van der Waals surface area contributed by atoms with E-state index in [2.05, 4.69) is 10.4 Å². The van der Waals surface area contributed by atoms with E-state index >= 15 is 0 Å². The number of nitrogens with zero attached hydrogens (tertiary/aromatic N) is 2. The third kappa shape index (κ3) is 7.13. The smallest absolute Gasteiger partial charge is 0.416 e. The Labute approximate surface area is 212 Å². The Balaban J connectivity index is 1.58. The summed E-state index contributed by atoms with van der Waals surface area (Å²) in [5, 5.41) is 16.5.